The second kappa shape index (κ2) is 8.37. The van der Waals surface area contributed by atoms with Crippen molar-refractivity contribution in [3.05, 3.63) is 35.8 Å². The third kappa shape index (κ3) is 3.57. The molecule has 4 heterocycles. The molecule has 0 bridgehead atoms. The minimum atomic E-state index is -0.541. The van der Waals surface area contributed by atoms with Crippen molar-refractivity contribution in [3.63, 3.8) is 0 Å². The van der Waals surface area contributed by atoms with Gasteiger partial charge in [0, 0.05) is 62.6 Å². The van der Waals surface area contributed by atoms with Gasteiger partial charge in [-0.25, -0.2) is 9.37 Å². The molecule has 9 heteroatoms. The molecule has 1 aromatic heterocycles. The van der Waals surface area contributed by atoms with E-state index in [9.17, 15) is 9.18 Å². The van der Waals surface area contributed by atoms with Gasteiger partial charge in [-0.3, -0.25) is 4.79 Å². The van der Waals surface area contributed by atoms with E-state index in [-0.39, 0.29) is 11.7 Å². The van der Waals surface area contributed by atoms with Gasteiger partial charge in [0.2, 0.25) is 11.9 Å². The third-order valence-corrected chi connectivity index (χ3v) is 8.00. The number of nitrogens with zero attached hydrogens (tertiary/aromatic N) is 5. The molecular weight excluding hydrogens is 433 g/mol. The first-order chi connectivity index (χ1) is 16.5. The van der Waals surface area contributed by atoms with Gasteiger partial charge in [0.05, 0.1) is 5.69 Å². The first kappa shape index (κ1) is 21.6. The lowest BCUT2D eigenvalue weighted by atomic mass is 9.91. The van der Waals surface area contributed by atoms with E-state index in [0.29, 0.717) is 36.3 Å². The van der Waals surface area contributed by atoms with Crippen LogP contribution in [-0.2, 0) is 11.2 Å². The van der Waals surface area contributed by atoms with Crippen molar-refractivity contribution in [2.24, 2.45) is 0 Å². The molecular formula is C25H32FN7O. The predicted molar refractivity (Wildman–Crippen MR) is 130 cm³/mol. The molecule has 4 aliphatic rings. The number of hydrogen-bond donors (Lipinski definition) is 2. The number of carbonyl (C=O) groups is 1. The lowest BCUT2D eigenvalue weighted by molar-refractivity contribution is -0.123. The van der Waals surface area contributed by atoms with Gasteiger partial charge in [-0.15, -0.1) is 0 Å². The zero-order chi connectivity index (χ0) is 23.3. The van der Waals surface area contributed by atoms with Crippen molar-refractivity contribution < 1.29 is 9.18 Å². The van der Waals surface area contributed by atoms with Crippen LogP contribution in [0, 0.1) is 5.82 Å². The summed E-state index contributed by atoms with van der Waals surface area (Å²) < 4.78 is 15.0. The largest absolute Gasteiger partial charge is 0.367 e. The highest BCUT2D eigenvalue weighted by Gasteiger charge is 2.55. The monoisotopic (exact) mass is 465 g/mol. The molecule has 3 aliphatic heterocycles. The molecule has 2 aromatic rings. The molecule has 1 spiro atoms. The van der Waals surface area contributed by atoms with E-state index in [0.717, 1.165) is 56.8 Å². The van der Waals surface area contributed by atoms with E-state index in [2.05, 4.69) is 37.4 Å². The summed E-state index contributed by atoms with van der Waals surface area (Å²) in [7, 11) is 2.09. The highest BCUT2D eigenvalue weighted by atomic mass is 19.1. The Hall–Kier alpha value is -2.94. The Morgan fingerprint density at radius 3 is 2.68 bits per heavy atom. The van der Waals surface area contributed by atoms with Crippen molar-refractivity contribution in [2.45, 2.75) is 50.1 Å². The summed E-state index contributed by atoms with van der Waals surface area (Å²) in [5.74, 6) is 1.15. The average molecular weight is 466 g/mol. The Morgan fingerprint density at radius 2 is 1.97 bits per heavy atom. The molecule has 6 rings (SSSR count). The van der Waals surface area contributed by atoms with Crippen molar-refractivity contribution in [1.29, 1.82) is 0 Å². The number of hydrogen-bond acceptors (Lipinski definition) is 7. The first-order valence-corrected chi connectivity index (χ1v) is 12.5. The first-order valence-electron chi connectivity index (χ1n) is 12.5. The molecule has 34 heavy (non-hydrogen) atoms. The van der Waals surface area contributed by atoms with Gasteiger partial charge >= 0.3 is 0 Å². The molecule has 1 amide bonds. The van der Waals surface area contributed by atoms with Gasteiger partial charge in [-0.1, -0.05) is 12.8 Å². The molecule has 1 unspecified atom stereocenters. The predicted octanol–water partition coefficient (Wildman–Crippen LogP) is 2.67. The van der Waals surface area contributed by atoms with Crippen LogP contribution in [0.4, 0.5) is 27.5 Å². The number of aromatic nitrogens is 2. The number of carbonyl (C=O) groups excluding carboxylic acids is 1. The van der Waals surface area contributed by atoms with Gasteiger partial charge in [0.15, 0.2) is 0 Å². The number of anilines is 4. The molecule has 2 N–H and O–H groups in total. The molecule has 180 valence electrons. The van der Waals surface area contributed by atoms with E-state index in [1.54, 1.807) is 0 Å². The summed E-state index contributed by atoms with van der Waals surface area (Å²) >= 11 is 0. The maximum atomic E-state index is 15.0. The van der Waals surface area contributed by atoms with E-state index in [1.807, 2.05) is 18.3 Å². The van der Waals surface area contributed by atoms with Gasteiger partial charge in [0.25, 0.3) is 0 Å². The normalized spacial score (nSPS) is 25.3. The minimum Gasteiger partial charge on any atom is -0.367 e. The Balaban J connectivity index is 1.26. The van der Waals surface area contributed by atoms with Crippen LogP contribution in [0.2, 0.25) is 0 Å². The van der Waals surface area contributed by atoms with Crippen LogP contribution in [0.15, 0.2) is 24.4 Å². The number of benzene rings is 1. The van der Waals surface area contributed by atoms with Crippen molar-refractivity contribution >= 4 is 29.0 Å². The quantitative estimate of drug-likeness (QED) is 0.719. The van der Waals surface area contributed by atoms with Crippen molar-refractivity contribution in [3.8, 4) is 0 Å². The number of rotatable bonds is 4. The fourth-order valence-electron chi connectivity index (χ4n) is 6.16. The zero-order valence-electron chi connectivity index (χ0n) is 19.7. The summed E-state index contributed by atoms with van der Waals surface area (Å²) in [5, 5.41) is 6.24. The standard InChI is InChI=1S/C25H32FN7O/c1-31-10-12-32(13-11-31)21-7-6-18(14-20(21)26)29-24-28-16-17-15-25(8-9-27-23(25)34)33(22(17)30-24)19-4-2-3-5-19/h6-7,14,16,19H,2-5,8-13,15H2,1H3,(H,27,34)(H,28,29,30). The van der Waals surface area contributed by atoms with Crippen LogP contribution in [0.25, 0.3) is 0 Å². The Bertz CT molecular complexity index is 1100. The lowest BCUT2D eigenvalue weighted by Crippen LogP contribution is -2.56. The van der Waals surface area contributed by atoms with Crippen LogP contribution in [0.1, 0.15) is 37.7 Å². The van der Waals surface area contributed by atoms with Crippen LogP contribution >= 0.6 is 0 Å². The summed E-state index contributed by atoms with van der Waals surface area (Å²) in [5.41, 5.74) is 1.73. The van der Waals surface area contributed by atoms with E-state index in [1.165, 1.54) is 18.9 Å². The van der Waals surface area contributed by atoms with E-state index < -0.39 is 5.54 Å². The number of piperazine rings is 1. The van der Waals surface area contributed by atoms with E-state index in [4.69, 9.17) is 4.98 Å². The Morgan fingerprint density at radius 1 is 1.18 bits per heavy atom. The molecule has 1 aliphatic carbocycles. The Kier molecular flexibility index (Phi) is 5.32. The number of nitrogens with one attached hydrogen (secondary N) is 2. The van der Waals surface area contributed by atoms with Crippen molar-refractivity contribution in [1.82, 2.24) is 20.2 Å². The molecule has 2 saturated heterocycles. The molecule has 0 radical (unpaired) electrons. The maximum absolute atomic E-state index is 15.0. The van der Waals surface area contributed by atoms with Crippen molar-refractivity contribution in [2.75, 3.05) is 54.9 Å². The van der Waals surface area contributed by atoms with Crippen LogP contribution in [-0.4, -0.2) is 72.1 Å². The van der Waals surface area contributed by atoms with Gasteiger partial charge in [-0.05, 0) is 44.5 Å². The summed E-state index contributed by atoms with van der Waals surface area (Å²) in [6, 6.07) is 5.56. The summed E-state index contributed by atoms with van der Waals surface area (Å²) in [4.78, 5) is 29.0. The van der Waals surface area contributed by atoms with Crippen LogP contribution in [0.5, 0.6) is 0 Å². The number of amides is 1. The van der Waals surface area contributed by atoms with Crippen LogP contribution < -0.4 is 20.4 Å². The molecule has 1 aromatic carbocycles. The maximum Gasteiger partial charge on any atom is 0.246 e. The zero-order valence-corrected chi connectivity index (χ0v) is 19.7. The fraction of sp³-hybridized carbons (Fsp3) is 0.560. The van der Waals surface area contributed by atoms with E-state index >= 15 is 0 Å². The molecule has 3 fully saturated rings. The molecule has 1 saturated carbocycles. The highest BCUT2D eigenvalue weighted by Crippen LogP contribution is 2.46. The van der Waals surface area contributed by atoms with Gasteiger partial charge < -0.3 is 25.3 Å². The molecule has 8 nitrogen and oxygen atoms in total. The average Bonchev–Trinajstić information content (AvgIpc) is 3.54. The fourth-order valence-corrected chi connectivity index (χ4v) is 6.16. The highest BCUT2D eigenvalue weighted by molar-refractivity contribution is 5.94. The third-order valence-electron chi connectivity index (χ3n) is 8.00. The second-order valence-electron chi connectivity index (χ2n) is 10.1. The summed E-state index contributed by atoms with van der Waals surface area (Å²) in [6.07, 6.45) is 7.81. The Labute approximate surface area is 199 Å². The van der Waals surface area contributed by atoms with Crippen LogP contribution in [0.3, 0.4) is 0 Å². The topological polar surface area (TPSA) is 76.6 Å². The summed E-state index contributed by atoms with van der Waals surface area (Å²) in [6.45, 7) is 4.20. The number of likely N-dealkylation sites (N-methyl/N-ethyl adjacent to an activating group) is 1. The van der Waals surface area contributed by atoms with Gasteiger partial charge in [-0.2, -0.15) is 4.98 Å². The number of halogens is 1. The lowest BCUT2D eigenvalue weighted by Gasteiger charge is -2.38. The smallest absolute Gasteiger partial charge is 0.246 e. The van der Waals surface area contributed by atoms with Gasteiger partial charge in [0.1, 0.15) is 17.2 Å². The SMILES string of the molecule is CN1CCN(c2ccc(Nc3ncc4c(n3)N(C3CCCC3)C3(CCNC3=O)C4)cc2F)CC1. The second-order valence-corrected chi connectivity index (χ2v) is 10.1. The number of fused-ring (bicyclic) bond motifs is 1. The molecule has 1 atom stereocenters. The minimum absolute atomic E-state index is 0.105.